The molecule has 2 atom stereocenters. The Morgan fingerprint density at radius 1 is 1.08 bits per heavy atom. The van der Waals surface area contributed by atoms with E-state index >= 15 is 0 Å². The summed E-state index contributed by atoms with van der Waals surface area (Å²) in [6.07, 6.45) is -1.32. The molecule has 0 aliphatic heterocycles. The third-order valence-corrected chi connectivity index (χ3v) is 8.93. The van der Waals surface area contributed by atoms with E-state index in [1.165, 1.54) is 0 Å². The molecule has 0 aliphatic rings. The van der Waals surface area contributed by atoms with Gasteiger partial charge in [0.05, 0.1) is 18.6 Å². The summed E-state index contributed by atoms with van der Waals surface area (Å²) in [6, 6.07) is -0.444. The molecule has 0 aromatic rings. The number of carboxylic acids is 1. The van der Waals surface area contributed by atoms with Crippen molar-refractivity contribution in [2.45, 2.75) is 97.7 Å². The zero-order valence-electron chi connectivity index (χ0n) is 17.5. The molecule has 0 heterocycles. The van der Waals surface area contributed by atoms with Crippen molar-refractivity contribution in [2.75, 3.05) is 0 Å². The van der Waals surface area contributed by atoms with Gasteiger partial charge in [0.25, 0.3) is 0 Å². The Morgan fingerprint density at radius 3 is 1.88 bits per heavy atom. The second-order valence-electron chi connectivity index (χ2n) is 9.43. The molecule has 2 N–H and O–H groups in total. The molecule has 0 aliphatic carbocycles. The quantitative estimate of drug-likeness (QED) is 0.644. The maximum Gasteiger partial charge on any atom is 0.407 e. The number of amides is 1. The summed E-state index contributed by atoms with van der Waals surface area (Å²) in [6.45, 7) is 19.7. The van der Waals surface area contributed by atoms with E-state index in [0.29, 0.717) is 0 Å². The van der Waals surface area contributed by atoms with Crippen molar-refractivity contribution in [3.05, 3.63) is 0 Å². The Hall–Kier alpha value is -1.08. The lowest BCUT2D eigenvalue weighted by Crippen LogP contribution is -2.54. The molecular weight excluding hydrogens is 338 g/mol. The summed E-state index contributed by atoms with van der Waals surface area (Å²) < 4.78 is 11.7. The van der Waals surface area contributed by atoms with Gasteiger partial charge in [-0.25, -0.2) is 4.79 Å². The Balaban J connectivity index is 5.47. The van der Waals surface area contributed by atoms with Gasteiger partial charge in [-0.3, -0.25) is 4.79 Å². The van der Waals surface area contributed by atoms with E-state index < -0.39 is 38.1 Å². The molecule has 6 nitrogen and oxygen atoms in total. The minimum atomic E-state index is -2.20. The minimum absolute atomic E-state index is 0.00152. The zero-order chi connectivity index (χ0) is 20.2. The first-order valence-electron chi connectivity index (χ1n) is 8.85. The highest BCUT2D eigenvalue weighted by molar-refractivity contribution is 6.74. The second-order valence-corrected chi connectivity index (χ2v) is 14.2. The maximum absolute atomic E-state index is 12.2. The Bertz CT molecular complexity index is 463. The van der Waals surface area contributed by atoms with Crippen LogP contribution in [-0.2, 0) is 14.0 Å². The van der Waals surface area contributed by atoms with E-state index in [1.54, 1.807) is 20.8 Å². The number of hydrogen-bond acceptors (Lipinski definition) is 4. The Labute approximate surface area is 153 Å². The van der Waals surface area contributed by atoms with Gasteiger partial charge in [0.15, 0.2) is 8.32 Å². The van der Waals surface area contributed by atoms with Gasteiger partial charge in [-0.2, -0.15) is 0 Å². The number of carbonyl (C=O) groups is 2. The molecule has 1 unspecified atom stereocenters. The summed E-state index contributed by atoms with van der Waals surface area (Å²) in [5, 5.41) is 12.1. The standard InChI is InChI=1S/C18H37NO5Si/c1-12(2)15(19-16(22)23-17(3,4)5)13(11-14(20)21)24-25(9,10)18(6,7)8/h12-13,15H,11H2,1-10H3,(H,19,22)(H,20,21)/t13-,15?/m1/s1. The highest BCUT2D eigenvalue weighted by Crippen LogP contribution is 2.38. The van der Waals surface area contributed by atoms with Crippen LogP contribution in [0.4, 0.5) is 4.79 Å². The molecule has 0 aromatic carbocycles. The van der Waals surface area contributed by atoms with E-state index in [1.807, 2.05) is 13.8 Å². The van der Waals surface area contributed by atoms with E-state index in [0.717, 1.165) is 0 Å². The first-order chi connectivity index (χ1) is 11.0. The van der Waals surface area contributed by atoms with Gasteiger partial charge in [0.2, 0.25) is 0 Å². The summed E-state index contributed by atoms with van der Waals surface area (Å²) in [7, 11) is -2.20. The third kappa shape index (κ3) is 8.72. The van der Waals surface area contributed by atoms with Crippen LogP contribution in [-0.4, -0.2) is 43.2 Å². The fraction of sp³-hybridized carbons (Fsp3) is 0.889. The number of ether oxygens (including phenoxy) is 1. The summed E-state index contributed by atoms with van der Waals surface area (Å²) in [5.74, 6) is -0.943. The average molecular weight is 376 g/mol. The van der Waals surface area contributed by atoms with Crippen LogP contribution in [0, 0.1) is 5.92 Å². The molecule has 148 valence electrons. The van der Waals surface area contributed by atoms with Crippen molar-refractivity contribution in [3.8, 4) is 0 Å². The van der Waals surface area contributed by atoms with Crippen LogP contribution in [0.25, 0.3) is 0 Å². The molecular formula is C18H37NO5Si. The van der Waals surface area contributed by atoms with Crippen LogP contribution >= 0.6 is 0 Å². The lowest BCUT2D eigenvalue weighted by molar-refractivity contribution is -0.139. The highest BCUT2D eigenvalue weighted by Gasteiger charge is 2.42. The van der Waals surface area contributed by atoms with Gasteiger partial charge < -0.3 is 19.6 Å². The summed E-state index contributed by atoms with van der Waals surface area (Å²) in [4.78, 5) is 23.6. The number of aliphatic carboxylic acids is 1. The van der Waals surface area contributed by atoms with Crippen LogP contribution in [0.2, 0.25) is 18.1 Å². The summed E-state index contributed by atoms with van der Waals surface area (Å²) in [5.41, 5.74) is -0.617. The van der Waals surface area contributed by atoms with E-state index in [-0.39, 0.29) is 17.4 Å². The minimum Gasteiger partial charge on any atom is -0.481 e. The van der Waals surface area contributed by atoms with Crippen molar-refractivity contribution in [2.24, 2.45) is 5.92 Å². The Morgan fingerprint density at radius 2 is 1.56 bits per heavy atom. The predicted octanol–water partition coefficient (Wildman–Crippen LogP) is 4.40. The number of nitrogens with one attached hydrogen (secondary N) is 1. The molecule has 0 bridgehead atoms. The normalized spacial score (nSPS) is 15.6. The number of carbonyl (C=O) groups excluding carboxylic acids is 1. The molecule has 0 spiro atoms. The van der Waals surface area contributed by atoms with Crippen LogP contribution in [0.15, 0.2) is 0 Å². The topological polar surface area (TPSA) is 84.9 Å². The molecule has 1 amide bonds. The van der Waals surface area contributed by atoms with Gasteiger partial charge in [-0.05, 0) is 44.8 Å². The molecule has 0 rings (SSSR count). The van der Waals surface area contributed by atoms with Crippen molar-refractivity contribution in [1.82, 2.24) is 5.32 Å². The largest absolute Gasteiger partial charge is 0.481 e. The smallest absolute Gasteiger partial charge is 0.407 e. The van der Waals surface area contributed by atoms with Gasteiger partial charge >= 0.3 is 12.1 Å². The molecule has 7 heteroatoms. The van der Waals surface area contributed by atoms with Crippen molar-refractivity contribution in [1.29, 1.82) is 0 Å². The first-order valence-corrected chi connectivity index (χ1v) is 11.8. The number of hydrogen-bond donors (Lipinski definition) is 2. The van der Waals surface area contributed by atoms with Crippen LogP contribution in [0.5, 0.6) is 0 Å². The zero-order valence-corrected chi connectivity index (χ0v) is 18.5. The fourth-order valence-electron chi connectivity index (χ4n) is 2.10. The first kappa shape index (κ1) is 23.9. The molecule has 25 heavy (non-hydrogen) atoms. The van der Waals surface area contributed by atoms with Gasteiger partial charge in [-0.1, -0.05) is 34.6 Å². The van der Waals surface area contributed by atoms with Crippen molar-refractivity contribution < 1.29 is 23.9 Å². The van der Waals surface area contributed by atoms with E-state index in [9.17, 15) is 14.7 Å². The third-order valence-electron chi connectivity index (χ3n) is 4.43. The van der Waals surface area contributed by atoms with Crippen molar-refractivity contribution >= 4 is 20.4 Å². The van der Waals surface area contributed by atoms with Gasteiger partial charge in [0.1, 0.15) is 5.60 Å². The predicted molar refractivity (Wildman–Crippen MR) is 102 cm³/mol. The monoisotopic (exact) mass is 375 g/mol. The van der Waals surface area contributed by atoms with Crippen LogP contribution in [0.3, 0.4) is 0 Å². The molecule has 0 radical (unpaired) electrons. The lowest BCUT2D eigenvalue weighted by atomic mass is 9.96. The number of rotatable bonds is 7. The highest BCUT2D eigenvalue weighted by atomic mass is 28.4. The van der Waals surface area contributed by atoms with Gasteiger partial charge in [-0.15, -0.1) is 0 Å². The van der Waals surface area contributed by atoms with Gasteiger partial charge in [0, 0.05) is 0 Å². The molecule has 0 aromatic heterocycles. The van der Waals surface area contributed by atoms with E-state index in [4.69, 9.17) is 9.16 Å². The summed E-state index contributed by atoms with van der Waals surface area (Å²) >= 11 is 0. The van der Waals surface area contributed by atoms with Crippen LogP contribution < -0.4 is 5.32 Å². The second kappa shape index (κ2) is 8.53. The lowest BCUT2D eigenvalue weighted by Gasteiger charge is -2.42. The molecule has 0 saturated carbocycles. The number of alkyl carbamates (subject to hydrolysis) is 1. The molecule has 0 fully saturated rings. The Kier molecular flexibility index (Phi) is 8.16. The number of carboxylic acid groups (broad SMARTS) is 1. The average Bonchev–Trinajstić information content (AvgIpc) is 2.30. The van der Waals surface area contributed by atoms with E-state index in [2.05, 4.69) is 39.2 Å². The fourth-order valence-corrected chi connectivity index (χ4v) is 3.44. The maximum atomic E-state index is 12.2. The molecule has 0 saturated heterocycles. The van der Waals surface area contributed by atoms with Crippen molar-refractivity contribution in [3.63, 3.8) is 0 Å². The van der Waals surface area contributed by atoms with Crippen LogP contribution in [0.1, 0.15) is 61.8 Å². The SMILES string of the molecule is CC(C)C(NC(=O)OC(C)(C)C)[C@@H](CC(=O)O)O[Si](C)(C)C(C)(C)C.